The van der Waals surface area contributed by atoms with E-state index in [0.29, 0.717) is 18.8 Å². The molecule has 1 aliphatic rings. The topological polar surface area (TPSA) is 63.7 Å². The molecule has 1 aliphatic heterocycles. The van der Waals surface area contributed by atoms with E-state index in [1.165, 1.54) is 5.56 Å². The first-order chi connectivity index (χ1) is 17.6. The van der Waals surface area contributed by atoms with E-state index in [9.17, 15) is 4.79 Å². The van der Waals surface area contributed by atoms with Gasteiger partial charge in [-0.15, -0.1) is 0 Å². The molecule has 2 heterocycles. The number of fused-ring (bicyclic) bond motifs is 1. The van der Waals surface area contributed by atoms with Gasteiger partial charge < -0.3 is 14.8 Å². The van der Waals surface area contributed by atoms with Crippen LogP contribution >= 0.6 is 0 Å². The van der Waals surface area contributed by atoms with Gasteiger partial charge in [0.25, 0.3) is 5.91 Å². The molecule has 0 aliphatic carbocycles. The second kappa shape index (κ2) is 10.9. The lowest BCUT2D eigenvalue weighted by Gasteiger charge is -2.38. The van der Waals surface area contributed by atoms with Crippen molar-refractivity contribution in [3.8, 4) is 17.0 Å². The number of ether oxygens (including phenoxy) is 2. The normalized spacial score (nSPS) is 15.8. The molecule has 4 aromatic rings. The van der Waals surface area contributed by atoms with Crippen molar-refractivity contribution < 1.29 is 14.3 Å². The quantitative estimate of drug-likeness (QED) is 0.398. The van der Waals surface area contributed by atoms with E-state index >= 15 is 0 Å². The van der Waals surface area contributed by atoms with E-state index in [-0.39, 0.29) is 18.0 Å². The van der Waals surface area contributed by atoms with Gasteiger partial charge in [-0.25, -0.2) is 4.98 Å². The minimum absolute atomic E-state index is 0.0493. The lowest BCUT2D eigenvalue weighted by Crippen LogP contribution is -2.48. The number of benzene rings is 3. The molecule has 1 saturated heterocycles. The van der Waals surface area contributed by atoms with Crippen LogP contribution in [0.4, 0.5) is 0 Å². The van der Waals surface area contributed by atoms with E-state index in [0.717, 1.165) is 41.0 Å². The Labute approximate surface area is 211 Å². The maximum absolute atomic E-state index is 13.8. The van der Waals surface area contributed by atoms with E-state index < -0.39 is 0 Å². The summed E-state index contributed by atoms with van der Waals surface area (Å²) in [6.07, 6.45) is 0. The van der Waals surface area contributed by atoms with E-state index in [1.807, 2.05) is 60.7 Å². The van der Waals surface area contributed by atoms with Crippen LogP contribution in [0.1, 0.15) is 28.9 Å². The summed E-state index contributed by atoms with van der Waals surface area (Å²) in [4.78, 5) is 21.0. The van der Waals surface area contributed by atoms with Crippen LogP contribution in [0.25, 0.3) is 22.2 Å². The number of carbonyl (C=O) groups is 1. The standard InChI is InChI=1S/C30H31N3O3/c1-21(29(23-8-4-3-5-9-23)33-16-18-36-19-17-33)31-30(34)26-20-28(22-12-14-24(35-2)15-13-22)32-27-11-7-6-10-25(26)27/h3-15,20-21,29H,16-19H2,1-2H3,(H,31,34)/t21-,29-/m1/s1. The average molecular weight is 482 g/mol. The highest BCUT2D eigenvalue weighted by atomic mass is 16.5. The Morgan fingerprint density at radius 1 is 0.972 bits per heavy atom. The molecular formula is C30H31N3O3. The molecule has 0 bridgehead atoms. The van der Waals surface area contributed by atoms with Crippen LogP contribution in [0.15, 0.2) is 84.9 Å². The summed E-state index contributed by atoms with van der Waals surface area (Å²) in [6.45, 7) is 5.15. The minimum atomic E-state index is -0.116. The van der Waals surface area contributed by atoms with Crippen LogP contribution in [-0.2, 0) is 4.74 Å². The third-order valence-electron chi connectivity index (χ3n) is 6.76. The first-order valence-corrected chi connectivity index (χ1v) is 12.4. The van der Waals surface area contributed by atoms with Crippen LogP contribution in [0, 0.1) is 0 Å². The molecule has 36 heavy (non-hydrogen) atoms. The Balaban J connectivity index is 1.48. The van der Waals surface area contributed by atoms with E-state index in [4.69, 9.17) is 14.5 Å². The predicted molar refractivity (Wildman–Crippen MR) is 142 cm³/mol. The van der Waals surface area contributed by atoms with Crippen molar-refractivity contribution in [2.24, 2.45) is 0 Å². The fraction of sp³-hybridized carbons (Fsp3) is 0.267. The van der Waals surface area contributed by atoms with Crippen LogP contribution in [0.5, 0.6) is 5.75 Å². The highest BCUT2D eigenvalue weighted by molar-refractivity contribution is 6.07. The molecule has 2 atom stereocenters. The fourth-order valence-corrected chi connectivity index (χ4v) is 4.96. The summed E-state index contributed by atoms with van der Waals surface area (Å²) in [7, 11) is 1.65. The molecule has 5 rings (SSSR count). The Kier molecular flexibility index (Phi) is 7.26. The number of pyridine rings is 1. The molecule has 1 amide bonds. The van der Waals surface area contributed by atoms with Crippen LogP contribution < -0.4 is 10.1 Å². The zero-order valence-corrected chi connectivity index (χ0v) is 20.7. The largest absolute Gasteiger partial charge is 0.497 e. The van der Waals surface area contributed by atoms with Gasteiger partial charge in [-0.1, -0.05) is 48.5 Å². The third-order valence-corrected chi connectivity index (χ3v) is 6.76. The molecule has 0 saturated carbocycles. The number of rotatable bonds is 7. The number of nitrogens with zero attached hydrogens (tertiary/aromatic N) is 2. The van der Waals surface area contributed by atoms with Crippen molar-refractivity contribution in [1.82, 2.24) is 15.2 Å². The van der Waals surface area contributed by atoms with Crippen molar-refractivity contribution in [1.29, 1.82) is 0 Å². The molecule has 3 aromatic carbocycles. The third kappa shape index (κ3) is 5.10. The van der Waals surface area contributed by atoms with Gasteiger partial charge in [0.2, 0.25) is 0 Å². The monoisotopic (exact) mass is 481 g/mol. The first kappa shape index (κ1) is 24.0. The smallest absolute Gasteiger partial charge is 0.252 e. The summed E-state index contributed by atoms with van der Waals surface area (Å²) in [5.41, 5.74) is 4.27. The highest BCUT2D eigenvalue weighted by Crippen LogP contribution is 2.28. The number of aromatic nitrogens is 1. The molecule has 6 nitrogen and oxygen atoms in total. The zero-order valence-electron chi connectivity index (χ0n) is 20.7. The summed E-state index contributed by atoms with van der Waals surface area (Å²) in [5, 5.41) is 4.15. The van der Waals surface area contributed by atoms with Gasteiger partial charge in [0.1, 0.15) is 5.75 Å². The van der Waals surface area contributed by atoms with Gasteiger partial charge >= 0.3 is 0 Å². The van der Waals surface area contributed by atoms with Gasteiger partial charge in [0.05, 0.1) is 43.1 Å². The van der Waals surface area contributed by atoms with Crippen molar-refractivity contribution in [2.75, 3.05) is 33.4 Å². The van der Waals surface area contributed by atoms with Crippen molar-refractivity contribution in [2.45, 2.75) is 19.0 Å². The van der Waals surface area contributed by atoms with Crippen LogP contribution in [0.3, 0.4) is 0 Å². The lowest BCUT2D eigenvalue weighted by atomic mass is 9.97. The fourth-order valence-electron chi connectivity index (χ4n) is 4.96. The summed E-state index contributed by atoms with van der Waals surface area (Å²) < 4.78 is 10.9. The first-order valence-electron chi connectivity index (χ1n) is 12.4. The van der Waals surface area contributed by atoms with E-state index in [1.54, 1.807) is 7.11 Å². The van der Waals surface area contributed by atoms with Crippen molar-refractivity contribution >= 4 is 16.8 Å². The van der Waals surface area contributed by atoms with Crippen molar-refractivity contribution in [3.05, 3.63) is 96.1 Å². The zero-order chi connectivity index (χ0) is 24.9. The Morgan fingerprint density at radius 2 is 1.67 bits per heavy atom. The number of para-hydroxylation sites is 1. The molecule has 1 N–H and O–H groups in total. The average Bonchev–Trinajstić information content (AvgIpc) is 2.93. The minimum Gasteiger partial charge on any atom is -0.497 e. The second-order valence-electron chi connectivity index (χ2n) is 9.07. The van der Waals surface area contributed by atoms with Gasteiger partial charge in [0, 0.05) is 30.1 Å². The number of hydrogen-bond acceptors (Lipinski definition) is 5. The molecular weight excluding hydrogens is 450 g/mol. The van der Waals surface area contributed by atoms with Gasteiger partial charge in [-0.05, 0) is 48.9 Å². The van der Waals surface area contributed by atoms with Gasteiger partial charge in [-0.3, -0.25) is 9.69 Å². The predicted octanol–water partition coefficient (Wildman–Crippen LogP) is 5.10. The number of methoxy groups -OCH3 is 1. The number of amides is 1. The Morgan fingerprint density at radius 3 is 2.39 bits per heavy atom. The molecule has 0 unspecified atom stereocenters. The Hall–Kier alpha value is -3.74. The maximum atomic E-state index is 13.8. The lowest BCUT2D eigenvalue weighted by molar-refractivity contribution is 0.00889. The SMILES string of the molecule is COc1ccc(-c2cc(C(=O)N[C@H](C)[C@H](c3ccccc3)N3CCOCC3)c3ccccc3n2)cc1. The summed E-state index contributed by atoms with van der Waals surface area (Å²) >= 11 is 0. The number of hydrogen-bond donors (Lipinski definition) is 1. The molecule has 6 heteroatoms. The molecule has 0 radical (unpaired) electrons. The molecule has 184 valence electrons. The molecule has 1 aromatic heterocycles. The van der Waals surface area contributed by atoms with Crippen molar-refractivity contribution in [3.63, 3.8) is 0 Å². The Bertz CT molecular complexity index is 1320. The number of morpholine rings is 1. The maximum Gasteiger partial charge on any atom is 0.252 e. The van der Waals surface area contributed by atoms with Crippen LogP contribution in [0.2, 0.25) is 0 Å². The molecule has 0 spiro atoms. The molecule has 1 fully saturated rings. The van der Waals surface area contributed by atoms with E-state index in [2.05, 4.69) is 41.4 Å². The number of carbonyl (C=O) groups excluding carboxylic acids is 1. The summed E-state index contributed by atoms with van der Waals surface area (Å²) in [5.74, 6) is 0.673. The van der Waals surface area contributed by atoms with Gasteiger partial charge in [-0.2, -0.15) is 0 Å². The van der Waals surface area contributed by atoms with Crippen LogP contribution in [-0.4, -0.2) is 55.2 Å². The second-order valence-corrected chi connectivity index (χ2v) is 9.07. The van der Waals surface area contributed by atoms with Gasteiger partial charge in [0.15, 0.2) is 0 Å². The summed E-state index contributed by atoms with van der Waals surface area (Å²) in [6, 6.07) is 27.7. The highest BCUT2D eigenvalue weighted by Gasteiger charge is 2.29. The number of nitrogens with one attached hydrogen (secondary N) is 1.